The summed E-state index contributed by atoms with van der Waals surface area (Å²) < 4.78 is 36.4. The zero-order valence-corrected chi connectivity index (χ0v) is 8.08. The highest BCUT2D eigenvalue weighted by atomic mass is 79.9. The van der Waals surface area contributed by atoms with Crippen molar-refractivity contribution in [2.45, 2.75) is 25.1 Å². The molecule has 5 heteroatoms. The third kappa shape index (κ3) is 2.62. The second kappa shape index (κ2) is 3.96. The first-order valence-corrected chi connectivity index (χ1v) is 5.02. The van der Waals surface area contributed by atoms with Gasteiger partial charge in [-0.05, 0) is 12.8 Å². The predicted molar refractivity (Wildman–Crippen MR) is 44.4 cm³/mol. The van der Waals surface area contributed by atoms with E-state index < -0.39 is 12.1 Å². The molecule has 1 aliphatic heterocycles. The molecule has 1 heterocycles. The molecule has 12 heavy (non-hydrogen) atoms. The van der Waals surface area contributed by atoms with Gasteiger partial charge in [0.2, 0.25) is 0 Å². The van der Waals surface area contributed by atoms with Crippen LogP contribution >= 0.6 is 15.9 Å². The Hall–Kier alpha value is 0.230. The van der Waals surface area contributed by atoms with E-state index in [9.17, 15) is 13.2 Å². The molecule has 0 aliphatic carbocycles. The molecular formula is C7H11BrF3N. The lowest BCUT2D eigenvalue weighted by molar-refractivity contribution is -0.179. The number of alkyl halides is 4. The molecule has 0 spiro atoms. The number of nitrogens with one attached hydrogen (secondary N) is 1. The maximum Gasteiger partial charge on any atom is 0.393 e. The van der Waals surface area contributed by atoms with Gasteiger partial charge in [-0.2, -0.15) is 13.2 Å². The molecule has 0 bridgehead atoms. The van der Waals surface area contributed by atoms with E-state index in [0.29, 0.717) is 6.42 Å². The molecule has 2 atom stereocenters. The van der Waals surface area contributed by atoms with Gasteiger partial charge in [0.1, 0.15) is 0 Å². The van der Waals surface area contributed by atoms with Crippen LogP contribution in [0.15, 0.2) is 0 Å². The van der Waals surface area contributed by atoms with Crippen LogP contribution in [-0.2, 0) is 0 Å². The average molecular weight is 246 g/mol. The summed E-state index contributed by atoms with van der Waals surface area (Å²) in [7, 11) is 0. The quantitative estimate of drug-likeness (QED) is 0.700. The second-order valence-corrected chi connectivity index (χ2v) is 3.72. The number of piperidine rings is 1. The molecule has 0 amide bonds. The summed E-state index contributed by atoms with van der Waals surface area (Å²) in [6.45, 7) is 0.0692. The molecule has 0 aromatic rings. The van der Waals surface area contributed by atoms with E-state index in [1.165, 1.54) is 0 Å². The smallest absolute Gasteiger partial charge is 0.313 e. The fourth-order valence-corrected chi connectivity index (χ4v) is 1.88. The van der Waals surface area contributed by atoms with Crippen LogP contribution in [0.4, 0.5) is 13.2 Å². The Kier molecular flexibility index (Phi) is 3.40. The molecule has 0 aromatic carbocycles. The van der Waals surface area contributed by atoms with Crippen LogP contribution in [0.2, 0.25) is 0 Å². The van der Waals surface area contributed by atoms with Crippen LogP contribution < -0.4 is 5.32 Å². The van der Waals surface area contributed by atoms with Crippen LogP contribution in [0.25, 0.3) is 0 Å². The van der Waals surface area contributed by atoms with Gasteiger partial charge in [0, 0.05) is 17.9 Å². The fourth-order valence-electron chi connectivity index (χ4n) is 1.33. The van der Waals surface area contributed by atoms with Crippen molar-refractivity contribution < 1.29 is 13.2 Å². The zero-order valence-electron chi connectivity index (χ0n) is 6.49. The lowest BCUT2D eigenvalue weighted by Crippen LogP contribution is -2.44. The Morgan fingerprint density at radius 2 is 2.00 bits per heavy atom. The zero-order chi connectivity index (χ0) is 9.19. The van der Waals surface area contributed by atoms with Crippen molar-refractivity contribution in [2.24, 2.45) is 5.92 Å². The van der Waals surface area contributed by atoms with Crippen molar-refractivity contribution in [1.82, 2.24) is 5.32 Å². The van der Waals surface area contributed by atoms with Crippen LogP contribution in [0.3, 0.4) is 0 Å². The average Bonchev–Trinajstić information content (AvgIpc) is 2.03. The minimum absolute atomic E-state index is 0.0692. The molecule has 1 fully saturated rings. The third-order valence-electron chi connectivity index (χ3n) is 2.17. The van der Waals surface area contributed by atoms with Crippen LogP contribution in [0, 0.1) is 5.92 Å². The van der Waals surface area contributed by atoms with Gasteiger partial charge in [-0.25, -0.2) is 0 Å². The van der Waals surface area contributed by atoms with Gasteiger partial charge in [-0.3, -0.25) is 0 Å². The summed E-state index contributed by atoms with van der Waals surface area (Å²) in [6.07, 6.45) is -3.16. The Morgan fingerprint density at radius 1 is 1.33 bits per heavy atom. The number of hydrogen-bond donors (Lipinski definition) is 1. The van der Waals surface area contributed by atoms with E-state index >= 15 is 0 Å². The van der Waals surface area contributed by atoms with Crippen molar-refractivity contribution >= 4 is 15.9 Å². The maximum absolute atomic E-state index is 12.1. The molecule has 1 saturated heterocycles. The van der Waals surface area contributed by atoms with E-state index in [-0.39, 0.29) is 19.0 Å². The van der Waals surface area contributed by atoms with Crippen molar-refractivity contribution in [3.63, 3.8) is 0 Å². The SMILES string of the molecule is FC(F)(F)C1CCC(CBr)NC1. The molecule has 1 aliphatic rings. The summed E-state index contributed by atoms with van der Waals surface area (Å²) in [5.74, 6) is -1.15. The first-order chi connectivity index (χ1) is 5.54. The van der Waals surface area contributed by atoms with E-state index in [1.807, 2.05) is 0 Å². The van der Waals surface area contributed by atoms with E-state index in [2.05, 4.69) is 21.2 Å². The fraction of sp³-hybridized carbons (Fsp3) is 1.00. The van der Waals surface area contributed by atoms with Crippen LogP contribution in [0.5, 0.6) is 0 Å². The van der Waals surface area contributed by atoms with Gasteiger partial charge in [0.25, 0.3) is 0 Å². The Balaban J connectivity index is 2.36. The van der Waals surface area contributed by atoms with Gasteiger partial charge in [0.05, 0.1) is 5.92 Å². The van der Waals surface area contributed by atoms with Crippen LogP contribution in [-0.4, -0.2) is 24.1 Å². The summed E-state index contributed by atoms with van der Waals surface area (Å²) in [4.78, 5) is 0. The Morgan fingerprint density at radius 3 is 2.33 bits per heavy atom. The van der Waals surface area contributed by atoms with Crippen molar-refractivity contribution in [3.8, 4) is 0 Å². The number of halogens is 4. The van der Waals surface area contributed by atoms with Gasteiger partial charge in [-0.1, -0.05) is 15.9 Å². The van der Waals surface area contributed by atoms with Crippen molar-refractivity contribution in [2.75, 3.05) is 11.9 Å². The predicted octanol–water partition coefficient (Wildman–Crippen LogP) is 2.31. The highest BCUT2D eigenvalue weighted by Gasteiger charge is 2.41. The van der Waals surface area contributed by atoms with Gasteiger partial charge in [0.15, 0.2) is 0 Å². The number of hydrogen-bond acceptors (Lipinski definition) is 1. The summed E-state index contributed by atoms with van der Waals surface area (Å²) in [6, 6.07) is 0.212. The molecule has 1 N–H and O–H groups in total. The molecule has 0 aromatic heterocycles. The molecule has 1 rings (SSSR count). The van der Waals surface area contributed by atoms with Crippen molar-refractivity contribution in [3.05, 3.63) is 0 Å². The third-order valence-corrected chi connectivity index (χ3v) is 2.95. The molecule has 72 valence electrons. The lowest BCUT2D eigenvalue weighted by Gasteiger charge is -2.29. The van der Waals surface area contributed by atoms with E-state index in [0.717, 1.165) is 5.33 Å². The lowest BCUT2D eigenvalue weighted by atomic mass is 9.95. The normalized spacial score (nSPS) is 32.0. The minimum Gasteiger partial charge on any atom is -0.313 e. The molecule has 1 nitrogen and oxygen atoms in total. The Labute approximate surface area is 77.8 Å². The van der Waals surface area contributed by atoms with Crippen molar-refractivity contribution in [1.29, 1.82) is 0 Å². The van der Waals surface area contributed by atoms with Gasteiger partial charge >= 0.3 is 6.18 Å². The van der Waals surface area contributed by atoms with Gasteiger partial charge in [-0.15, -0.1) is 0 Å². The second-order valence-electron chi connectivity index (χ2n) is 3.08. The summed E-state index contributed by atoms with van der Waals surface area (Å²) in [5.41, 5.74) is 0. The maximum atomic E-state index is 12.1. The largest absolute Gasteiger partial charge is 0.393 e. The highest BCUT2D eigenvalue weighted by molar-refractivity contribution is 9.09. The molecule has 0 saturated carbocycles. The summed E-state index contributed by atoms with van der Waals surface area (Å²) in [5, 5.41) is 3.59. The monoisotopic (exact) mass is 245 g/mol. The first kappa shape index (κ1) is 10.3. The number of rotatable bonds is 1. The molecule has 0 radical (unpaired) electrons. The van der Waals surface area contributed by atoms with E-state index in [1.54, 1.807) is 0 Å². The van der Waals surface area contributed by atoms with Gasteiger partial charge < -0.3 is 5.32 Å². The minimum atomic E-state index is -4.02. The van der Waals surface area contributed by atoms with E-state index in [4.69, 9.17) is 0 Å². The highest BCUT2D eigenvalue weighted by Crippen LogP contribution is 2.31. The molecule has 2 unspecified atom stereocenters. The topological polar surface area (TPSA) is 12.0 Å². The van der Waals surface area contributed by atoms with Crippen LogP contribution in [0.1, 0.15) is 12.8 Å². The standard InChI is InChI=1S/C7H11BrF3N/c8-3-6-2-1-5(4-12-6)7(9,10)11/h5-6,12H,1-4H2. The molecular weight excluding hydrogens is 235 g/mol. The summed E-state index contributed by atoms with van der Waals surface area (Å²) >= 11 is 3.24. The Bertz CT molecular complexity index is 140. The first-order valence-electron chi connectivity index (χ1n) is 3.90.